The number of amides is 2. The Kier molecular flexibility index (Phi) is 13.1. The number of carboxylic acids is 1. The van der Waals surface area contributed by atoms with E-state index in [4.69, 9.17) is 14.8 Å². The summed E-state index contributed by atoms with van der Waals surface area (Å²) in [4.78, 5) is 50.7. The van der Waals surface area contributed by atoms with E-state index in [1.165, 1.54) is 32.5 Å². The van der Waals surface area contributed by atoms with E-state index < -0.39 is 38.5 Å². The second-order valence-corrected chi connectivity index (χ2v) is 20.4. The molecule has 0 atom stereocenters. The van der Waals surface area contributed by atoms with E-state index in [1.807, 2.05) is 38.2 Å². The van der Waals surface area contributed by atoms with Gasteiger partial charge in [0.05, 0.1) is 21.2 Å². The summed E-state index contributed by atoms with van der Waals surface area (Å²) in [7, 11) is 2.97. The van der Waals surface area contributed by atoms with Crippen LogP contribution >= 0.6 is 0 Å². The van der Waals surface area contributed by atoms with Crippen molar-refractivity contribution in [3.8, 4) is 22.3 Å². The second kappa shape index (κ2) is 18.2. The number of aliphatic carboxylic acids is 1. The average Bonchev–Trinajstić information content (AvgIpc) is 3.76. The number of oxime groups is 2. The van der Waals surface area contributed by atoms with Crippen LogP contribution in [0.3, 0.4) is 0 Å². The lowest BCUT2D eigenvalue weighted by Crippen LogP contribution is -2.27. The number of hydrogen-bond donors (Lipinski definition) is 3. The first-order chi connectivity index (χ1) is 30.3. The molecule has 2 amide bonds. The van der Waals surface area contributed by atoms with Gasteiger partial charge >= 0.3 is 5.97 Å². The number of fused-ring (bicyclic) bond motifs is 6. The largest absolute Gasteiger partial charge is 0.479 e. The molecule has 64 heavy (non-hydrogen) atoms. The van der Waals surface area contributed by atoms with E-state index >= 15 is 0 Å². The van der Waals surface area contributed by atoms with E-state index in [9.17, 15) is 31.2 Å². The molecule has 0 aliphatic carbocycles. The summed E-state index contributed by atoms with van der Waals surface area (Å²) < 4.78 is 52.1. The molecule has 338 valence electrons. The molecule has 4 heterocycles. The first kappa shape index (κ1) is 46.0. The maximum atomic E-state index is 12.6. The zero-order chi connectivity index (χ0) is 46.2. The minimum atomic E-state index is -3.55. The van der Waals surface area contributed by atoms with Crippen molar-refractivity contribution in [1.29, 1.82) is 0 Å². The molecule has 4 aliphatic heterocycles. The van der Waals surface area contributed by atoms with Crippen LogP contribution in [0.15, 0.2) is 80.8 Å². The third kappa shape index (κ3) is 8.88. The second-order valence-electron chi connectivity index (χ2n) is 16.1. The van der Waals surface area contributed by atoms with Gasteiger partial charge in [-0.3, -0.25) is 9.59 Å². The Bertz CT molecular complexity index is 2830. The Labute approximate surface area is 372 Å². The van der Waals surface area contributed by atoms with Crippen molar-refractivity contribution in [2.75, 3.05) is 79.2 Å². The van der Waals surface area contributed by atoms with Gasteiger partial charge in [-0.25, -0.2) is 30.2 Å². The molecule has 8 rings (SSSR count). The minimum absolute atomic E-state index is 0.00957. The quantitative estimate of drug-likeness (QED) is 0.184. The molecule has 20 heteroatoms. The number of sulfonamides is 2. The molecule has 0 saturated heterocycles. The van der Waals surface area contributed by atoms with E-state index in [0.717, 1.165) is 80.4 Å². The van der Waals surface area contributed by atoms with Crippen LogP contribution < -0.4 is 10.6 Å². The van der Waals surface area contributed by atoms with E-state index in [0.29, 0.717) is 36.5 Å². The van der Waals surface area contributed by atoms with Gasteiger partial charge in [0.2, 0.25) is 26.7 Å². The standard InChI is InChI=1S/C22H24N4O6S.C22H26N4O4S/c1-25(2)33(30,31)14-6-4-13(5-7-14)16-10-17-20(18-11-26(3)9-8-15(16)18)23-22(29)21(17)24-32-12-19(27)28;1-5-30-24-21-18-12-17(14-6-8-15(9-7-14)31(28,29)25(2)3)16-10-11-26(4)13-19(16)20(18)23-22(21)27/h4-7,10H,8-9,11-12H2,1-3H3,(H,27,28)(H,23,24,29);6-9,12H,5,10-11,13H2,1-4H3,(H,23,24,27). The van der Waals surface area contributed by atoms with Crippen LogP contribution in [0.5, 0.6) is 0 Å². The molecule has 0 fully saturated rings. The Balaban J connectivity index is 0.000000192. The Morgan fingerprint density at radius 2 is 1.05 bits per heavy atom. The predicted octanol–water partition coefficient (Wildman–Crippen LogP) is 3.63. The topological polar surface area (TPSA) is 220 Å². The fourth-order valence-corrected chi connectivity index (χ4v) is 9.85. The normalized spacial score (nSPS) is 17.3. The molecule has 18 nitrogen and oxygen atoms in total. The van der Waals surface area contributed by atoms with Crippen LogP contribution in [0, 0.1) is 0 Å². The summed E-state index contributed by atoms with van der Waals surface area (Å²) >= 11 is 0. The van der Waals surface area contributed by atoms with Crippen molar-refractivity contribution in [2.24, 2.45) is 10.3 Å². The summed E-state index contributed by atoms with van der Waals surface area (Å²) in [5.74, 6) is -1.93. The molecule has 4 aliphatic rings. The van der Waals surface area contributed by atoms with Crippen molar-refractivity contribution in [2.45, 2.75) is 42.6 Å². The maximum absolute atomic E-state index is 12.6. The number of carboxylic acid groups (broad SMARTS) is 1. The first-order valence-electron chi connectivity index (χ1n) is 20.4. The lowest BCUT2D eigenvalue weighted by Gasteiger charge is -2.29. The lowest BCUT2D eigenvalue weighted by molar-refractivity contribution is -0.142. The van der Waals surface area contributed by atoms with Gasteiger partial charge in [0.1, 0.15) is 6.61 Å². The van der Waals surface area contributed by atoms with Gasteiger partial charge < -0.3 is 35.2 Å². The van der Waals surface area contributed by atoms with Crippen molar-refractivity contribution >= 4 is 60.6 Å². The van der Waals surface area contributed by atoms with Gasteiger partial charge in [0.25, 0.3) is 11.8 Å². The van der Waals surface area contributed by atoms with Gasteiger partial charge in [0, 0.05) is 65.5 Å². The van der Waals surface area contributed by atoms with E-state index in [2.05, 4.69) is 37.8 Å². The van der Waals surface area contributed by atoms with Crippen LogP contribution in [0.25, 0.3) is 22.3 Å². The number of anilines is 2. The summed E-state index contributed by atoms with van der Waals surface area (Å²) in [6.45, 7) is 4.59. The fraction of sp³-hybridized carbons (Fsp3) is 0.341. The Hall–Kier alpha value is -6.03. The third-order valence-corrected chi connectivity index (χ3v) is 15.0. The van der Waals surface area contributed by atoms with Crippen LogP contribution in [0.1, 0.15) is 40.3 Å². The van der Waals surface area contributed by atoms with Crippen LogP contribution in [-0.4, -0.2) is 138 Å². The molecule has 3 N–H and O–H groups in total. The molecule has 0 radical (unpaired) electrons. The van der Waals surface area contributed by atoms with E-state index in [1.54, 1.807) is 36.4 Å². The molecule has 4 aromatic rings. The highest BCUT2D eigenvalue weighted by atomic mass is 32.2. The van der Waals surface area contributed by atoms with Crippen molar-refractivity contribution in [3.05, 3.63) is 94.0 Å². The van der Waals surface area contributed by atoms with Crippen molar-refractivity contribution < 1.29 is 46.0 Å². The fourth-order valence-electron chi connectivity index (χ4n) is 8.04. The number of likely N-dealkylation sites (N-methyl/N-ethyl adjacent to an activating group) is 2. The van der Waals surface area contributed by atoms with Crippen LogP contribution in [0.4, 0.5) is 11.4 Å². The Morgan fingerprint density at radius 3 is 1.41 bits per heavy atom. The molecule has 4 aromatic carbocycles. The lowest BCUT2D eigenvalue weighted by atomic mass is 9.87. The van der Waals surface area contributed by atoms with Gasteiger partial charge in [-0.15, -0.1) is 0 Å². The number of carbonyl (C=O) groups excluding carboxylic acids is 2. The molecular weight excluding hydrogens is 865 g/mol. The molecule has 0 spiro atoms. The SMILES string of the molecule is CCO/N=C1/C(=O)Nc2c1cc(-c1ccc(S(=O)(=O)N(C)C)cc1)c1c2CN(C)CC1.CN1CCc2c(-c3ccc(S(=O)(=O)N(C)C)cc3)cc3c(c2C1)NC(=O)/C3=N/OCC(=O)O. The zero-order valence-corrected chi connectivity index (χ0v) is 38.2. The highest BCUT2D eigenvalue weighted by Crippen LogP contribution is 2.42. The number of nitrogens with one attached hydrogen (secondary N) is 2. The number of hydrogen-bond acceptors (Lipinski definition) is 13. The zero-order valence-electron chi connectivity index (χ0n) is 36.6. The summed E-state index contributed by atoms with van der Waals surface area (Å²) in [6, 6.07) is 17.3. The molecule has 0 bridgehead atoms. The van der Waals surface area contributed by atoms with Gasteiger partial charge in [0.15, 0.2) is 11.4 Å². The minimum Gasteiger partial charge on any atom is -0.479 e. The highest BCUT2D eigenvalue weighted by molar-refractivity contribution is 7.89. The Morgan fingerprint density at radius 1 is 0.656 bits per heavy atom. The summed E-state index contributed by atoms with van der Waals surface area (Å²) in [6.07, 6.45) is 1.59. The van der Waals surface area contributed by atoms with Gasteiger partial charge in [-0.1, -0.05) is 34.6 Å². The maximum Gasteiger partial charge on any atom is 0.344 e. The monoisotopic (exact) mass is 914 g/mol. The molecule has 0 unspecified atom stereocenters. The molecule has 0 aromatic heterocycles. The van der Waals surface area contributed by atoms with Crippen LogP contribution in [0.2, 0.25) is 0 Å². The van der Waals surface area contributed by atoms with Crippen molar-refractivity contribution in [1.82, 2.24) is 18.4 Å². The highest BCUT2D eigenvalue weighted by Gasteiger charge is 2.35. The number of benzene rings is 4. The summed E-state index contributed by atoms with van der Waals surface area (Å²) in [5, 5.41) is 22.4. The number of carbonyl (C=O) groups is 3. The number of rotatable bonds is 11. The predicted molar refractivity (Wildman–Crippen MR) is 241 cm³/mol. The van der Waals surface area contributed by atoms with E-state index in [-0.39, 0.29) is 27.1 Å². The van der Waals surface area contributed by atoms with Gasteiger partial charge in [-0.05, 0) is 115 Å². The third-order valence-electron chi connectivity index (χ3n) is 11.4. The van der Waals surface area contributed by atoms with Crippen molar-refractivity contribution in [3.63, 3.8) is 0 Å². The number of nitrogens with zero attached hydrogens (tertiary/aromatic N) is 6. The first-order valence-corrected chi connectivity index (χ1v) is 23.3. The summed E-state index contributed by atoms with van der Waals surface area (Å²) in [5.41, 5.74) is 10.8. The molecule has 0 saturated carbocycles. The molecular formula is C44H50N8O10S2. The average molecular weight is 915 g/mol. The van der Waals surface area contributed by atoms with Gasteiger partial charge in [-0.2, -0.15) is 0 Å². The smallest absolute Gasteiger partial charge is 0.344 e. The van der Waals surface area contributed by atoms with Crippen LogP contribution in [-0.2, 0) is 70.0 Å².